The Kier molecular flexibility index (Phi) is 10.5. The number of hydrogen-bond donors (Lipinski definition) is 2. The van der Waals surface area contributed by atoms with E-state index in [0.29, 0.717) is 31.7 Å². The van der Waals surface area contributed by atoms with Crippen LogP contribution in [0.15, 0.2) is 0 Å². The van der Waals surface area contributed by atoms with Gasteiger partial charge in [-0.05, 0) is 32.1 Å². The lowest BCUT2D eigenvalue weighted by molar-refractivity contribution is -0.121. The van der Waals surface area contributed by atoms with Crippen LogP contribution in [0, 0.1) is 0 Å². The van der Waals surface area contributed by atoms with Crippen molar-refractivity contribution < 1.29 is 9.53 Å². The Morgan fingerprint density at radius 2 is 1.76 bits per heavy atom. The van der Waals surface area contributed by atoms with E-state index >= 15 is 0 Å². The molecule has 0 aliphatic heterocycles. The highest BCUT2D eigenvalue weighted by Gasteiger charge is 2.18. The fourth-order valence-corrected chi connectivity index (χ4v) is 2.83. The second kappa shape index (κ2) is 12.0. The molecule has 0 aromatic rings. The molecule has 1 fully saturated rings. The summed E-state index contributed by atoms with van der Waals surface area (Å²) in [5, 5.41) is 2.94. The number of carbonyl (C=O) groups excluding carboxylic acids is 1. The molecule has 4 heteroatoms. The first-order valence-electron chi connectivity index (χ1n) is 8.86. The molecule has 0 unspecified atom stereocenters. The number of unbranched alkanes of at least 4 members (excludes halogenated alkanes) is 5. The number of nitrogens with one attached hydrogen (secondary N) is 1. The number of amides is 1. The van der Waals surface area contributed by atoms with Gasteiger partial charge in [-0.2, -0.15) is 0 Å². The minimum atomic E-state index is 0.166. The first kappa shape index (κ1) is 18.4. The lowest BCUT2D eigenvalue weighted by Gasteiger charge is -2.26. The molecular formula is C17H34N2O2. The summed E-state index contributed by atoms with van der Waals surface area (Å²) in [5.74, 6) is 0.166. The van der Waals surface area contributed by atoms with Crippen molar-refractivity contribution in [2.75, 3.05) is 13.2 Å². The number of nitrogens with two attached hydrogens (primary N) is 1. The van der Waals surface area contributed by atoms with Gasteiger partial charge in [-0.15, -0.1) is 0 Å². The quantitative estimate of drug-likeness (QED) is 0.576. The molecule has 124 valence electrons. The molecule has 0 radical (unpaired) electrons. The minimum Gasteiger partial charge on any atom is -0.376 e. The van der Waals surface area contributed by atoms with Crippen LogP contribution in [0.2, 0.25) is 0 Å². The second-order valence-corrected chi connectivity index (χ2v) is 6.28. The van der Waals surface area contributed by atoms with Gasteiger partial charge in [0.1, 0.15) is 0 Å². The first-order valence-corrected chi connectivity index (χ1v) is 8.86. The van der Waals surface area contributed by atoms with Crippen LogP contribution in [0.3, 0.4) is 0 Å². The van der Waals surface area contributed by atoms with E-state index in [1.807, 2.05) is 0 Å². The topological polar surface area (TPSA) is 64.3 Å². The van der Waals surface area contributed by atoms with Gasteiger partial charge < -0.3 is 15.8 Å². The molecule has 21 heavy (non-hydrogen) atoms. The van der Waals surface area contributed by atoms with E-state index in [1.165, 1.54) is 32.1 Å². The largest absolute Gasteiger partial charge is 0.376 e. The highest BCUT2D eigenvalue weighted by Crippen LogP contribution is 2.19. The molecule has 4 nitrogen and oxygen atoms in total. The number of ether oxygens (including phenoxy) is 1. The van der Waals surface area contributed by atoms with E-state index in [1.54, 1.807) is 0 Å². The molecule has 0 bridgehead atoms. The third-order valence-electron chi connectivity index (χ3n) is 4.25. The zero-order valence-corrected chi connectivity index (χ0v) is 13.7. The maximum atomic E-state index is 11.6. The Balaban J connectivity index is 1.87. The molecule has 0 aromatic heterocycles. The molecule has 1 rings (SSSR count). The number of hydrogen-bond acceptors (Lipinski definition) is 3. The predicted octanol–water partition coefficient (Wildman–Crippen LogP) is 3.14. The lowest BCUT2D eigenvalue weighted by Crippen LogP contribution is -2.32. The third-order valence-corrected chi connectivity index (χ3v) is 4.25. The van der Waals surface area contributed by atoms with Crippen molar-refractivity contribution in [3.63, 3.8) is 0 Å². The molecule has 0 spiro atoms. The van der Waals surface area contributed by atoms with Crippen molar-refractivity contribution in [1.29, 1.82) is 0 Å². The van der Waals surface area contributed by atoms with Gasteiger partial charge in [0.15, 0.2) is 0 Å². The Bertz CT molecular complexity index is 264. The Labute approximate surface area is 130 Å². The van der Waals surface area contributed by atoms with Gasteiger partial charge in [-0.25, -0.2) is 0 Å². The fraction of sp³-hybridized carbons (Fsp3) is 0.941. The van der Waals surface area contributed by atoms with Crippen LogP contribution in [0.25, 0.3) is 0 Å². The number of rotatable bonds is 11. The first-order chi connectivity index (χ1) is 10.2. The maximum Gasteiger partial charge on any atom is 0.220 e. The normalized spacial score (nSPS) is 22.2. The van der Waals surface area contributed by atoms with Crippen LogP contribution in [-0.2, 0) is 9.53 Å². The number of carbonyl (C=O) groups is 1. The van der Waals surface area contributed by atoms with E-state index in [0.717, 1.165) is 32.1 Å². The van der Waals surface area contributed by atoms with Crippen LogP contribution in [0.1, 0.15) is 77.6 Å². The Morgan fingerprint density at radius 1 is 1.10 bits per heavy atom. The van der Waals surface area contributed by atoms with Crippen LogP contribution in [-0.4, -0.2) is 31.2 Å². The van der Waals surface area contributed by atoms with Crippen molar-refractivity contribution in [1.82, 2.24) is 5.32 Å². The molecule has 1 aliphatic rings. The molecule has 0 heterocycles. The van der Waals surface area contributed by atoms with Crippen molar-refractivity contribution in [2.24, 2.45) is 5.73 Å². The summed E-state index contributed by atoms with van der Waals surface area (Å²) in [6.07, 6.45) is 12.6. The molecule has 0 atom stereocenters. The second-order valence-electron chi connectivity index (χ2n) is 6.28. The van der Waals surface area contributed by atoms with Crippen molar-refractivity contribution in [3.05, 3.63) is 0 Å². The van der Waals surface area contributed by atoms with Gasteiger partial charge >= 0.3 is 0 Å². The minimum absolute atomic E-state index is 0.166. The average Bonchev–Trinajstić information content (AvgIpc) is 2.49. The third kappa shape index (κ3) is 9.86. The van der Waals surface area contributed by atoms with Crippen molar-refractivity contribution >= 4 is 5.91 Å². The summed E-state index contributed by atoms with van der Waals surface area (Å²) in [5.41, 5.74) is 5.86. The molecule has 3 N–H and O–H groups in total. The molecule has 1 amide bonds. The van der Waals surface area contributed by atoms with E-state index in [-0.39, 0.29) is 5.91 Å². The highest BCUT2D eigenvalue weighted by molar-refractivity contribution is 5.75. The summed E-state index contributed by atoms with van der Waals surface area (Å²) in [6, 6.07) is 0.363. The van der Waals surface area contributed by atoms with Gasteiger partial charge in [0, 0.05) is 19.0 Å². The van der Waals surface area contributed by atoms with Crippen molar-refractivity contribution in [2.45, 2.75) is 89.7 Å². The van der Waals surface area contributed by atoms with E-state index in [2.05, 4.69) is 12.2 Å². The van der Waals surface area contributed by atoms with Gasteiger partial charge in [-0.3, -0.25) is 4.79 Å². The molecule has 1 saturated carbocycles. The highest BCUT2D eigenvalue weighted by atomic mass is 16.5. The van der Waals surface area contributed by atoms with Gasteiger partial charge in [-0.1, -0.05) is 39.0 Å². The van der Waals surface area contributed by atoms with E-state index < -0.39 is 0 Å². The Morgan fingerprint density at radius 3 is 2.48 bits per heavy atom. The summed E-state index contributed by atoms with van der Waals surface area (Å²) in [6.45, 7) is 3.48. The van der Waals surface area contributed by atoms with Crippen LogP contribution >= 0.6 is 0 Å². The van der Waals surface area contributed by atoms with Crippen LogP contribution < -0.4 is 11.1 Å². The maximum absolute atomic E-state index is 11.6. The van der Waals surface area contributed by atoms with Crippen molar-refractivity contribution in [3.8, 4) is 0 Å². The van der Waals surface area contributed by atoms with E-state index in [9.17, 15) is 4.79 Å². The van der Waals surface area contributed by atoms with E-state index in [4.69, 9.17) is 10.5 Å². The standard InChI is InChI=1S/C17H34N2O2/c1-2-3-4-5-6-7-8-17(20)19-13-14-21-16-11-9-15(18)10-12-16/h15-16H,2-14,18H2,1H3,(H,19,20). The molecular weight excluding hydrogens is 264 g/mol. The Hall–Kier alpha value is -0.610. The van der Waals surface area contributed by atoms with Crippen LogP contribution in [0.5, 0.6) is 0 Å². The zero-order chi connectivity index (χ0) is 15.3. The SMILES string of the molecule is CCCCCCCCC(=O)NCCOC1CCC(N)CC1. The summed E-state index contributed by atoms with van der Waals surface area (Å²) in [4.78, 5) is 11.6. The summed E-state index contributed by atoms with van der Waals surface area (Å²) >= 11 is 0. The molecule has 1 aliphatic carbocycles. The predicted molar refractivity (Wildman–Crippen MR) is 87.2 cm³/mol. The molecule has 0 aromatic carbocycles. The zero-order valence-electron chi connectivity index (χ0n) is 13.7. The van der Waals surface area contributed by atoms with Gasteiger partial charge in [0.2, 0.25) is 5.91 Å². The summed E-state index contributed by atoms with van der Waals surface area (Å²) in [7, 11) is 0. The smallest absolute Gasteiger partial charge is 0.220 e. The fourth-order valence-electron chi connectivity index (χ4n) is 2.83. The lowest BCUT2D eigenvalue weighted by atomic mass is 9.94. The molecule has 0 saturated heterocycles. The van der Waals surface area contributed by atoms with Gasteiger partial charge in [0.05, 0.1) is 12.7 Å². The van der Waals surface area contributed by atoms with Gasteiger partial charge in [0.25, 0.3) is 0 Å². The summed E-state index contributed by atoms with van der Waals surface area (Å²) < 4.78 is 5.78. The monoisotopic (exact) mass is 298 g/mol. The average molecular weight is 298 g/mol. The van der Waals surface area contributed by atoms with Crippen LogP contribution in [0.4, 0.5) is 0 Å².